The average Bonchev–Trinajstić information content (AvgIpc) is 2.47. The van der Waals surface area contributed by atoms with Crippen LogP contribution in [0.1, 0.15) is 49.1 Å². The van der Waals surface area contributed by atoms with Crippen molar-refractivity contribution in [2.45, 2.75) is 44.2 Å². The van der Waals surface area contributed by atoms with Crippen molar-refractivity contribution in [1.29, 1.82) is 0 Å². The topological polar surface area (TPSA) is 0 Å². The fourth-order valence-electron chi connectivity index (χ4n) is 3.11. The van der Waals surface area contributed by atoms with E-state index in [0.717, 1.165) is 44.2 Å². The van der Waals surface area contributed by atoms with E-state index in [1.54, 1.807) is 6.08 Å². The van der Waals surface area contributed by atoms with Gasteiger partial charge in [-0.1, -0.05) is 30.9 Å². The molecule has 0 atom stereocenters. The van der Waals surface area contributed by atoms with E-state index in [1.807, 2.05) is 6.08 Å². The minimum absolute atomic E-state index is 0.163. The fraction of sp³-hybridized carbons (Fsp3) is 0.444. The molecule has 0 saturated heterocycles. The number of rotatable bonds is 4. The first kappa shape index (κ1) is 16.8. The molecule has 0 heterocycles. The van der Waals surface area contributed by atoms with Crippen LogP contribution >= 0.6 is 0 Å². The van der Waals surface area contributed by atoms with Crippen LogP contribution in [0.2, 0.25) is 0 Å². The molecular formula is C18H20F4. The molecule has 0 aromatic heterocycles. The van der Waals surface area contributed by atoms with E-state index in [1.165, 1.54) is 6.07 Å². The summed E-state index contributed by atoms with van der Waals surface area (Å²) in [5.41, 5.74) is -0.495. The zero-order chi connectivity index (χ0) is 16.2. The molecular weight excluding hydrogens is 292 g/mol. The lowest BCUT2D eigenvalue weighted by atomic mass is 9.77. The van der Waals surface area contributed by atoms with Gasteiger partial charge in [-0.25, -0.2) is 4.39 Å². The van der Waals surface area contributed by atoms with Gasteiger partial charge in [0.15, 0.2) is 0 Å². The van der Waals surface area contributed by atoms with Gasteiger partial charge in [0.25, 0.3) is 0 Å². The molecule has 0 spiro atoms. The zero-order valence-corrected chi connectivity index (χ0v) is 12.4. The third-order valence-electron chi connectivity index (χ3n) is 4.36. The number of alkyl halides is 3. The van der Waals surface area contributed by atoms with Crippen LogP contribution in [0.15, 0.2) is 43.0 Å². The maximum atomic E-state index is 13.6. The highest BCUT2D eigenvalue weighted by Gasteiger charge is 2.34. The van der Waals surface area contributed by atoms with Crippen molar-refractivity contribution in [2.24, 2.45) is 5.92 Å². The van der Waals surface area contributed by atoms with Crippen molar-refractivity contribution in [2.75, 3.05) is 0 Å². The Morgan fingerprint density at radius 2 is 1.82 bits per heavy atom. The number of hydrogen-bond donors (Lipinski definition) is 0. The van der Waals surface area contributed by atoms with Crippen LogP contribution in [-0.4, -0.2) is 0 Å². The van der Waals surface area contributed by atoms with Crippen LogP contribution in [0.5, 0.6) is 0 Å². The maximum Gasteiger partial charge on any atom is 0.419 e. The quantitative estimate of drug-likeness (QED) is 0.455. The molecule has 0 bridgehead atoms. The molecule has 0 N–H and O–H groups in total. The first-order valence-corrected chi connectivity index (χ1v) is 7.56. The van der Waals surface area contributed by atoms with Gasteiger partial charge >= 0.3 is 6.18 Å². The maximum absolute atomic E-state index is 13.6. The molecule has 0 aliphatic heterocycles. The van der Waals surface area contributed by atoms with Gasteiger partial charge in [0.2, 0.25) is 0 Å². The van der Waals surface area contributed by atoms with Gasteiger partial charge in [0.05, 0.1) is 5.56 Å². The lowest BCUT2D eigenvalue weighted by Gasteiger charge is -2.28. The summed E-state index contributed by atoms with van der Waals surface area (Å²) in [7, 11) is 0. The number of halogens is 4. The predicted octanol–water partition coefficient (Wildman–Crippen LogP) is 6.25. The Morgan fingerprint density at radius 3 is 2.36 bits per heavy atom. The van der Waals surface area contributed by atoms with Crippen molar-refractivity contribution in [3.63, 3.8) is 0 Å². The van der Waals surface area contributed by atoms with Crippen LogP contribution in [0.4, 0.5) is 17.6 Å². The normalized spacial score (nSPS) is 22.9. The first-order valence-electron chi connectivity index (χ1n) is 7.56. The second-order valence-corrected chi connectivity index (χ2v) is 5.85. The molecule has 0 amide bonds. The van der Waals surface area contributed by atoms with Crippen LogP contribution in [0.3, 0.4) is 0 Å². The molecule has 1 aromatic carbocycles. The largest absolute Gasteiger partial charge is 0.419 e. The van der Waals surface area contributed by atoms with Crippen LogP contribution < -0.4 is 0 Å². The molecule has 2 rings (SSSR count). The van der Waals surface area contributed by atoms with E-state index >= 15 is 0 Å². The molecule has 0 unspecified atom stereocenters. The zero-order valence-electron chi connectivity index (χ0n) is 12.4. The van der Waals surface area contributed by atoms with Gasteiger partial charge in [-0.2, -0.15) is 13.2 Å². The van der Waals surface area contributed by atoms with Gasteiger partial charge in [-0.05, 0) is 61.6 Å². The first-order chi connectivity index (χ1) is 10.4. The molecule has 1 saturated carbocycles. The monoisotopic (exact) mass is 312 g/mol. The van der Waals surface area contributed by atoms with E-state index in [9.17, 15) is 17.6 Å². The average molecular weight is 312 g/mol. The Bertz CT molecular complexity index is 535. The van der Waals surface area contributed by atoms with Gasteiger partial charge < -0.3 is 0 Å². The molecule has 0 nitrogen and oxygen atoms in total. The lowest BCUT2D eigenvalue weighted by Crippen LogP contribution is -2.14. The van der Waals surface area contributed by atoms with Gasteiger partial charge in [-0.15, -0.1) is 0 Å². The summed E-state index contributed by atoms with van der Waals surface area (Å²) in [5.74, 6) is -0.399. The fourth-order valence-corrected chi connectivity index (χ4v) is 3.11. The Hall–Kier alpha value is -1.58. The number of benzene rings is 1. The minimum atomic E-state index is -4.63. The third-order valence-corrected chi connectivity index (χ3v) is 4.36. The molecule has 1 fully saturated rings. The SMILES string of the molecule is C=C/C=C\CC1CCC(c2ccc(C(F)(F)F)c(F)c2)CC1. The molecule has 1 aliphatic rings. The smallest absolute Gasteiger partial charge is 0.206 e. The Kier molecular flexibility index (Phi) is 5.43. The lowest BCUT2D eigenvalue weighted by molar-refractivity contribution is -0.140. The highest BCUT2D eigenvalue weighted by molar-refractivity contribution is 5.29. The molecule has 0 radical (unpaired) electrons. The molecule has 4 heteroatoms. The Balaban J connectivity index is 1.98. The Morgan fingerprint density at radius 1 is 1.14 bits per heavy atom. The Labute approximate surface area is 128 Å². The minimum Gasteiger partial charge on any atom is -0.206 e. The summed E-state index contributed by atoms with van der Waals surface area (Å²) in [5, 5.41) is 0. The predicted molar refractivity (Wildman–Crippen MR) is 80.1 cm³/mol. The van der Waals surface area contributed by atoms with Crippen molar-refractivity contribution < 1.29 is 17.6 Å². The van der Waals surface area contributed by atoms with Crippen LogP contribution in [0, 0.1) is 11.7 Å². The van der Waals surface area contributed by atoms with Crippen molar-refractivity contribution in [3.8, 4) is 0 Å². The van der Waals surface area contributed by atoms with Crippen molar-refractivity contribution in [1.82, 2.24) is 0 Å². The molecule has 1 aromatic rings. The molecule has 120 valence electrons. The number of hydrogen-bond acceptors (Lipinski definition) is 0. The summed E-state index contributed by atoms with van der Waals surface area (Å²) in [4.78, 5) is 0. The summed E-state index contributed by atoms with van der Waals surface area (Å²) in [6.45, 7) is 3.63. The van der Waals surface area contributed by atoms with Gasteiger partial charge in [-0.3, -0.25) is 0 Å². The van der Waals surface area contributed by atoms with Crippen LogP contribution in [0.25, 0.3) is 0 Å². The second-order valence-electron chi connectivity index (χ2n) is 5.85. The molecule has 22 heavy (non-hydrogen) atoms. The van der Waals surface area contributed by atoms with E-state index in [2.05, 4.69) is 12.7 Å². The number of allylic oxidation sites excluding steroid dienone is 3. The summed E-state index contributed by atoms with van der Waals surface area (Å²) in [6.07, 6.45) is 5.99. The van der Waals surface area contributed by atoms with Crippen molar-refractivity contribution >= 4 is 0 Å². The van der Waals surface area contributed by atoms with E-state index in [4.69, 9.17) is 0 Å². The standard InChI is InChI=1S/C18H20F4/c1-2-3-4-5-13-6-8-14(9-7-13)15-10-11-16(17(19)12-15)18(20,21)22/h2-4,10-14H,1,5-9H2/b4-3-. The summed E-state index contributed by atoms with van der Waals surface area (Å²) < 4.78 is 51.3. The van der Waals surface area contributed by atoms with E-state index in [-0.39, 0.29) is 5.92 Å². The highest BCUT2D eigenvalue weighted by atomic mass is 19.4. The van der Waals surface area contributed by atoms with E-state index in [0.29, 0.717) is 11.5 Å². The second kappa shape index (κ2) is 7.12. The van der Waals surface area contributed by atoms with Crippen LogP contribution in [-0.2, 0) is 6.18 Å². The van der Waals surface area contributed by atoms with E-state index < -0.39 is 17.6 Å². The summed E-state index contributed by atoms with van der Waals surface area (Å²) >= 11 is 0. The third kappa shape index (κ3) is 4.21. The van der Waals surface area contributed by atoms with Gasteiger partial charge in [0, 0.05) is 0 Å². The van der Waals surface area contributed by atoms with Crippen molar-refractivity contribution in [3.05, 3.63) is 60.0 Å². The molecule has 1 aliphatic carbocycles. The summed E-state index contributed by atoms with van der Waals surface area (Å²) in [6, 6.07) is 3.35. The highest BCUT2D eigenvalue weighted by Crippen LogP contribution is 2.39. The van der Waals surface area contributed by atoms with Gasteiger partial charge in [0.1, 0.15) is 5.82 Å².